The Morgan fingerprint density at radius 2 is 2.00 bits per heavy atom. The normalized spacial score (nSPS) is 18.1. The van der Waals surface area contributed by atoms with Crippen molar-refractivity contribution in [3.63, 3.8) is 0 Å². The molecule has 0 aromatic carbocycles. The van der Waals surface area contributed by atoms with Gasteiger partial charge in [0, 0.05) is 12.1 Å². The molecule has 5 nitrogen and oxygen atoms in total. The van der Waals surface area contributed by atoms with E-state index in [4.69, 9.17) is 4.42 Å². The molecule has 1 aromatic heterocycles. The summed E-state index contributed by atoms with van der Waals surface area (Å²) in [5.74, 6) is 0.636. The molecule has 0 atom stereocenters. The minimum atomic E-state index is 0.0558. The van der Waals surface area contributed by atoms with Crippen LogP contribution in [0.3, 0.4) is 0 Å². The zero-order valence-corrected chi connectivity index (χ0v) is 12.5. The van der Waals surface area contributed by atoms with Crippen LogP contribution in [0.1, 0.15) is 59.3 Å². The van der Waals surface area contributed by atoms with Gasteiger partial charge in [0.25, 0.3) is 0 Å². The first-order valence-corrected chi connectivity index (χ1v) is 7.24. The monoisotopic (exact) mass is 266 g/mol. The molecule has 0 amide bonds. The van der Waals surface area contributed by atoms with Crippen molar-refractivity contribution in [3.8, 4) is 0 Å². The van der Waals surface area contributed by atoms with E-state index >= 15 is 0 Å². The highest BCUT2D eigenvalue weighted by atomic mass is 16.4. The van der Waals surface area contributed by atoms with Gasteiger partial charge in [-0.3, -0.25) is 0 Å². The van der Waals surface area contributed by atoms with Crippen molar-refractivity contribution < 1.29 is 4.42 Å². The highest BCUT2D eigenvalue weighted by molar-refractivity contribution is 5.18. The quantitative estimate of drug-likeness (QED) is 0.829. The molecule has 0 saturated heterocycles. The number of hydrogen-bond donors (Lipinski definition) is 2. The van der Waals surface area contributed by atoms with Crippen molar-refractivity contribution >= 4 is 6.01 Å². The maximum atomic E-state index is 5.59. The average Bonchev–Trinajstić information content (AvgIpc) is 2.73. The smallest absolute Gasteiger partial charge is 0.315 e. The van der Waals surface area contributed by atoms with Crippen molar-refractivity contribution in [1.29, 1.82) is 0 Å². The maximum absolute atomic E-state index is 5.59. The van der Waals surface area contributed by atoms with E-state index in [0.29, 0.717) is 23.9 Å². The number of nitrogens with one attached hydrogen (secondary N) is 2. The maximum Gasteiger partial charge on any atom is 0.315 e. The molecule has 1 aliphatic carbocycles. The van der Waals surface area contributed by atoms with Crippen LogP contribution in [0.15, 0.2) is 4.42 Å². The summed E-state index contributed by atoms with van der Waals surface area (Å²) >= 11 is 0. The lowest BCUT2D eigenvalue weighted by atomic mass is 9.67. The highest BCUT2D eigenvalue weighted by Crippen LogP contribution is 2.43. The Hall–Kier alpha value is -1.10. The summed E-state index contributed by atoms with van der Waals surface area (Å²) in [7, 11) is 0. The van der Waals surface area contributed by atoms with Crippen LogP contribution < -0.4 is 10.6 Å². The first-order valence-electron chi connectivity index (χ1n) is 7.24. The number of anilines is 1. The van der Waals surface area contributed by atoms with Crippen LogP contribution >= 0.6 is 0 Å². The number of nitrogens with zero attached hydrogens (tertiary/aromatic N) is 2. The summed E-state index contributed by atoms with van der Waals surface area (Å²) < 4.78 is 5.59. The summed E-state index contributed by atoms with van der Waals surface area (Å²) in [6.07, 6.45) is 5.18. The fourth-order valence-electron chi connectivity index (χ4n) is 2.33. The van der Waals surface area contributed by atoms with Crippen LogP contribution in [0, 0.1) is 5.41 Å². The molecule has 1 heterocycles. The second kappa shape index (κ2) is 5.49. The molecule has 0 radical (unpaired) electrons. The van der Waals surface area contributed by atoms with Crippen molar-refractivity contribution in [2.45, 2.75) is 65.5 Å². The van der Waals surface area contributed by atoms with Gasteiger partial charge >= 0.3 is 6.01 Å². The first kappa shape index (κ1) is 14.3. The van der Waals surface area contributed by atoms with E-state index in [1.54, 1.807) is 0 Å². The van der Waals surface area contributed by atoms with Gasteiger partial charge in [-0.2, -0.15) is 0 Å². The molecule has 0 aliphatic heterocycles. The number of rotatable bonds is 6. The second-order valence-corrected chi connectivity index (χ2v) is 6.67. The van der Waals surface area contributed by atoms with Gasteiger partial charge < -0.3 is 15.1 Å². The van der Waals surface area contributed by atoms with Crippen LogP contribution in [0.4, 0.5) is 6.01 Å². The molecule has 1 fully saturated rings. The third-order valence-electron chi connectivity index (χ3n) is 4.02. The van der Waals surface area contributed by atoms with Crippen molar-refractivity contribution in [1.82, 2.24) is 15.5 Å². The molecule has 0 spiro atoms. The number of hydrogen-bond acceptors (Lipinski definition) is 5. The SMILES string of the molecule is CCC1(CNc2nnc(CNC(C)(C)C)o2)CCC1. The topological polar surface area (TPSA) is 63.0 Å². The lowest BCUT2D eigenvalue weighted by molar-refractivity contribution is 0.144. The molecule has 1 saturated carbocycles. The third kappa shape index (κ3) is 3.93. The van der Waals surface area contributed by atoms with Crippen molar-refractivity contribution in [2.24, 2.45) is 5.41 Å². The Balaban J connectivity index is 1.80. The van der Waals surface area contributed by atoms with Crippen LogP contribution in [0.25, 0.3) is 0 Å². The Morgan fingerprint density at radius 3 is 2.53 bits per heavy atom. The molecule has 1 aromatic rings. The van der Waals surface area contributed by atoms with Gasteiger partial charge in [0.15, 0.2) is 0 Å². The predicted octanol–water partition coefficient (Wildman–Crippen LogP) is 2.95. The van der Waals surface area contributed by atoms with E-state index in [2.05, 4.69) is 48.5 Å². The summed E-state index contributed by atoms with van der Waals surface area (Å²) in [6, 6.07) is 0.547. The van der Waals surface area contributed by atoms with Gasteiger partial charge in [-0.25, -0.2) is 0 Å². The van der Waals surface area contributed by atoms with Crippen LogP contribution in [-0.2, 0) is 6.54 Å². The minimum Gasteiger partial charge on any atom is -0.407 e. The summed E-state index contributed by atoms with van der Waals surface area (Å²) in [4.78, 5) is 0. The zero-order valence-electron chi connectivity index (χ0n) is 12.5. The standard InChI is InChI=1S/C14H26N4O/c1-5-14(7-6-8-14)10-15-12-18-17-11(19-12)9-16-13(2,3)4/h16H,5-10H2,1-4H3,(H,15,18). The molecule has 108 valence electrons. The van der Waals surface area contributed by atoms with Gasteiger partial charge in [0.2, 0.25) is 5.89 Å². The summed E-state index contributed by atoms with van der Waals surface area (Å²) in [5, 5.41) is 14.7. The fraction of sp³-hybridized carbons (Fsp3) is 0.857. The van der Waals surface area contributed by atoms with Gasteiger partial charge in [0.05, 0.1) is 6.54 Å². The lowest BCUT2D eigenvalue weighted by Crippen LogP contribution is -2.35. The number of aromatic nitrogens is 2. The molecule has 0 unspecified atom stereocenters. The van der Waals surface area contributed by atoms with E-state index in [0.717, 1.165) is 6.54 Å². The van der Waals surface area contributed by atoms with Crippen molar-refractivity contribution in [2.75, 3.05) is 11.9 Å². The van der Waals surface area contributed by atoms with E-state index < -0.39 is 0 Å². The first-order chi connectivity index (χ1) is 8.92. The molecule has 5 heteroatoms. The Morgan fingerprint density at radius 1 is 1.26 bits per heavy atom. The zero-order chi connectivity index (χ0) is 13.9. The molecule has 19 heavy (non-hydrogen) atoms. The van der Waals surface area contributed by atoms with Crippen LogP contribution in [-0.4, -0.2) is 22.3 Å². The summed E-state index contributed by atoms with van der Waals surface area (Å²) in [5.41, 5.74) is 0.512. The average molecular weight is 266 g/mol. The molecule has 2 rings (SSSR count). The van der Waals surface area contributed by atoms with Gasteiger partial charge in [-0.05, 0) is 45.4 Å². The van der Waals surface area contributed by atoms with E-state index in [1.807, 2.05) is 0 Å². The van der Waals surface area contributed by atoms with Crippen molar-refractivity contribution in [3.05, 3.63) is 5.89 Å². The van der Waals surface area contributed by atoms with Gasteiger partial charge in [-0.15, -0.1) is 5.10 Å². The lowest BCUT2D eigenvalue weighted by Gasteiger charge is -2.41. The van der Waals surface area contributed by atoms with Gasteiger partial charge in [0.1, 0.15) is 0 Å². The summed E-state index contributed by atoms with van der Waals surface area (Å²) in [6.45, 7) is 10.2. The highest BCUT2D eigenvalue weighted by Gasteiger charge is 2.35. The van der Waals surface area contributed by atoms with Crippen LogP contribution in [0.2, 0.25) is 0 Å². The van der Waals surface area contributed by atoms with Crippen LogP contribution in [0.5, 0.6) is 0 Å². The molecular weight excluding hydrogens is 240 g/mol. The predicted molar refractivity (Wildman–Crippen MR) is 76.0 cm³/mol. The Kier molecular flexibility index (Phi) is 4.13. The Labute approximate surface area is 115 Å². The van der Waals surface area contributed by atoms with E-state index in [1.165, 1.54) is 25.7 Å². The van der Waals surface area contributed by atoms with Gasteiger partial charge in [-0.1, -0.05) is 18.4 Å². The molecular formula is C14H26N4O. The minimum absolute atomic E-state index is 0.0558. The largest absolute Gasteiger partial charge is 0.407 e. The second-order valence-electron chi connectivity index (χ2n) is 6.67. The fourth-order valence-corrected chi connectivity index (χ4v) is 2.33. The Bertz CT molecular complexity index is 398. The molecule has 0 bridgehead atoms. The third-order valence-corrected chi connectivity index (χ3v) is 4.02. The molecule has 2 N–H and O–H groups in total. The molecule has 1 aliphatic rings. The van der Waals surface area contributed by atoms with E-state index in [-0.39, 0.29) is 5.54 Å². The van der Waals surface area contributed by atoms with E-state index in [9.17, 15) is 0 Å².